The van der Waals surface area contributed by atoms with Crippen molar-refractivity contribution < 1.29 is 27.5 Å². The third-order valence-corrected chi connectivity index (χ3v) is 9.35. The molecule has 1 fully saturated rings. The lowest BCUT2D eigenvalue weighted by atomic mass is 10.1. The molecule has 0 bridgehead atoms. The third kappa shape index (κ3) is 7.99. The predicted octanol–water partition coefficient (Wildman–Crippen LogP) is 5.18. The van der Waals surface area contributed by atoms with Crippen LogP contribution in [0.1, 0.15) is 57.4 Å². The molecule has 0 aromatic heterocycles. The zero-order valence-electron chi connectivity index (χ0n) is 23.4. The number of amides is 2. The SMILES string of the molecule is CC[C@@H](C(=O)NC1CCCC1)N(Cc1c(Cl)cccc1Cl)C(=O)CCCN(c1ccc2c(c1)OCCO2)S(C)(=O)=O. The number of fused-ring (bicyclic) bond motifs is 1. The first-order valence-corrected chi connectivity index (χ1v) is 16.6. The Morgan fingerprint density at radius 3 is 2.34 bits per heavy atom. The lowest BCUT2D eigenvalue weighted by Gasteiger charge is -2.32. The predicted molar refractivity (Wildman–Crippen MR) is 160 cm³/mol. The lowest BCUT2D eigenvalue weighted by molar-refractivity contribution is -0.141. The average Bonchev–Trinajstić information content (AvgIpc) is 3.44. The van der Waals surface area contributed by atoms with Gasteiger partial charge in [-0.15, -0.1) is 0 Å². The Hall–Kier alpha value is -2.69. The van der Waals surface area contributed by atoms with Crippen molar-refractivity contribution in [2.45, 2.75) is 70.5 Å². The van der Waals surface area contributed by atoms with Gasteiger partial charge in [0.05, 0.1) is 11.9 Å². The van der Waals surface area contributed by atoms with Crippen LogP contribution in [0, 0.1) is 0 Å². The number of nitrogens with one attached hydrogen (secondary N) is 1. The summed E-state index contributed by atoms with van der Waals surface area (Å²) in [5.74, 6) is 0.536. The van der Waals surface area contributed by atoms with Crippen LogP contribution < -0.4 is 19.1 Å². The summed E-state index contributed by atoms with van der Waals surface area (Å²) < 4.78 is 37.8. The van der Waals surface area contributed by atoms with Gasteiger partial charge in [0.2, 0.25) is 21.8 Å². The van der Waals surface area contributed by atoms with Crippen LogP contribution in [0.25, 0.3) is 0 Å². The molecule has 0 spiro atoms. The Balaban J connectivity index is 1.51. The van der Waals surface area contributed by atoms with Crippen LogP contribution in [-0.2, 0) is 26.2 Å². The van der Waals surface area contributed by atoms with E-state index in [4.69, 9.17) is 32.7 Å². The number of hydrogen-bond donors (Lipinski definition) is 1. The maximum absolute atomic E-state index is 13.7. The maximum atomic E-state index is 13.7. The molecule has 0 saturated heterocycles. The zero-order chi connectivity index (χ0) is 29.6. The van der Waals surface area contributed by atoms with Crippen molar-refractivity contribution in [3.05, 3.63) is 52.0 Å². The van der Waals surface area contributed by atoms with Crippen molar-refractivity contribution in [3.63, 3.8) is 0 Å². The van der Waals surface area contributed by atoms with Crippen LogP contribution in [0.15, 0.2) is 36.4 Å². The molecule has 2 aliphatic rings. The Morgan fingerprint density at radius 1 is 1.05 bits per heavy atom. The van der Waals surface area contributed by atoms with Crippen LogP contribution in [0.3, 0.4) is 0 Å². The summed E-state index contributed by atoms with van der Waals surface area (Å²) in [4.78, 5) is 28.6. The van der Waals surface area contributed by atoms with E-state index in [2.05, 4.69) is 5.32 Å². The summed E-state index contributed by atoms with van der Waals surface area (Å²) >= 11 is 12.9. The van der Waals surface area contributed by atoms with Gasteiger partial charge in [-0.2, -0.15) is 0 Å². The highest BCUT2D eigenvalue weighted by Gasteiger charge is 2.31. The number of ether oxygens (including phenoxy) is 2. The minimum atomic E-state index is -3.66. The fraction of sp³-hybridized carbons (Fsp3) is 0.517. The summed E-state index contributed by atoms with van der Waals surface area (Å²) in [6, 6.07) is 9.46. The Labute approximate surface area is 252 Å². The molecule has 0 unspecified atom stereocenters. The van der Waals surface area contributed by atoms with E-state index in [0.29, 0.717) is 52.4 Å². The van der Waals surface area contributed by atoms with E-state index >= 15 is 0 Å². The molecule has 2 amide bonds. The van der Waals surface area contributed by atoms with Crippen molar-refractivity contribution in [1.82, 2.24) is 10.2 Å². The molecule has 9 nitrogen and oxygen atoms in total. The second kappa shape index (κ2) is 14.0. The Kier molecular flexibility index (Phi) is 10.7. The van der Waals surface area contributed by atoms with E-state index in [1.807, 2.05) is 6.92 Å². The molecule has 1 aliphatic heterocycles. The van der Waals surface area contributed by atoms with Crippen LogP contribution in [0.2, 0.25) is 10.0 Å². The number of anilines is 1. The largest absolute Gasteiger partial charge is 0.486 e. The van der Waals surface area contributed by atoms with Crippen LogP contribution in [-0.4, -0.2) is 63.2 Å². The van der Waals surface area contributed by atoms with Gasteiger partial charge in [-0.1, -0.05) is 49.0 Å². The van der Waals surface area contributed by atoms with Crippen molar-refractivity contribution in [1.29, 1.82) is 0 Å². The topological polar surface area (TPSA) is 105 Å². The number of benzene rings is 2. The third-order valence-electron chi connectivity index (χ3n) is 7.44. The van der Waals surface area contributed by atoms with E-state index in [1.165, 1.54) is 9.21 Å². The molecule has 0 radical (unpaired) electrons. The van der Waals surface area contributed by atoms with Gasteiger partial charge < -0.3 is 19.7 Å². The number of hydrogen-bond acceptors (Lipinski definition) is 6. The summed E-state index contributed by atoms with van der Waals surface area (Å²) in [7, 11) is -3.66. The Bertz CT molecular complexity index is 1330. The van der Waals surface area contributed by atoms with Crippen LogP contribution >= 0.6 is 23.2 Å². The van der Waals surface area contributed by atoms with Gasteiger partial charge in [-0.05, 0) is 49.9 Å². The smallest absolute Gasteiger partial charge is 0.243 e. The number of carbonyl (C=O) groups is 2. The molecule has 2 aromatic rings. The second-order valence-electron chi connectivity index (χ2n) is 10.4. The molecule has 41 heavy (non-hydrogen) atoms. The Morgan fingerprint density at radius 2 is 1.71 bits per heavy atom. The molecular weight excluding hydrogens is 589 g/mol. The number of carbonyl (C=O) groups excluding carboxylic acids is 2. The number of halogens is 2. The maximum Gasteiger partial charge on any atom is 0.243 e. The van der Waals surface area contributed by atoms with Crippen LogP contribution in [0.4, 0.5) is 5.69 Å². The highest BCUT2D eigenvalue weighted by molar-refractivity contribution is 7.92. The summed E-state index contributed by atoms with van der Waals surface area (Å²) in [6.07, 6.45) is 5.76. The average molecular weight is 627 g/mol. The van der Waals surface area contributed by atoms with Gasteiger partial charge in [0.15, 0.2) is 11.5 Å². The first-order chi connectivity index (χ1) is 19.6. The molecule has 1 atom stereocenters. The fourth-order valence-electron chi connectivity index (χ4n) is 5.33. The molecule has 1 heterocycles. The van der Waals surface area contributed by atoms with Gasteiger partial charge in [0.1, 0.15) is 19.3 Å². The monoisotopic (exact) mass is 625 g/mol. The van der Waals surface area contributed by atoms with E-state index < -0.39 is 16.1 Å². The van der Waals surface area contributed by atoms with E-state index in [0.717, 1.165) is 31.9 Å². The van der Waals surface area contributed by atoms with E-state index in [1.54, 1.807) is 36.4 Å². The quantitative estimate of drug-likeness (QED) is 0.348. The number of sulfonamides is 1. The van der Waals surface area contributed by atoms with Gasteiger partial charge in [-0.3, -0.25) is 13.9 Å². The molecule has 1 aliphatic carbocycles. The molecular formula is C29H37Cl2N3O6S. The first-order valence-electron chi connectivity index (χ1n) is 14.0. The van der Waals surface area contributed by atoms with Gasteiger partial charge in [0, 0.05) is 47.2 Å². The molecule has 224 valence electrons. The highest BCUT2D eigenvalue weighted by Crippen LogP contribution is 2.35. The standard InChI is InChI=1S/C29H37Cl2N3O6S/c1-3-25(29(36)32-20-8-4-5-9-20)33(19-22-23(30)10-6-11-24(22)31)28(35)12-7-15-34(41(2,37)38)21-13-14-26-27(18-21)40-17-16-39-26/h6,10-11,13-14,18,20,25H,3-5,7-9,12,15-17,19H2,1-2H3,(H,32,36)/t25-/m0/s1. The molecule has 1 N–H and O–H groups in total. The summed E-state index contributed by atoms with van der Waals surface area (Å²) in [5, 5.41) is 3.92. The van der Waals surface area contributed by atoms with E-state index in [-0.39, 0.29) is 43.8 Å². The number of nitrogens with zero attached hydrogens (tertiary/aromatic N) is 2. The first kappa shape index (κ1) is 31.3. The molecule has 4 rings (SSSR count). The van der Waals surface area contributed by atoms with Crippen molar-refractivity contribution in [3.8, 4) is 11.5 Å². The highest BCUT2D eigenvalue weighted by atomic mass is 35.5. The van der Waals surface area contributed by atoms with Crippen molar-refractivity contribution in [2.24, 2.45) is 0 Å². The lowest BCUT2D eigenvalue weighted by Crippen LogP contribution is -2.51. The van der Waals surface area contributed by atoms with E-state index in [9.17, 15) is 18.0 Å². The van der Waals surface area contributed by atoms with Crippen molar-refractivity contribution >= 4 is 50.7 Å². The summed E-state index contributed by atoms with van der Waals surface area (Å²) in [5.41, 5.74) is 0.983. The fourth-order valence-corrected chi connectivity index (χ4v) is 6.81. The van der Waals surface area contributed by atoms with Gasteiger partial charge in [-0.25, -0.2) is 8.42 Å². The zero-order valence-corrected chi connectivity index (χ0v) is 25.7. The van der Waals surface area contributed by atoms with Crippen LogP contribution in [0.5, 0.6) is 11.5 Å². The normalized spacial score (nSPS) is 15.8. The van der Waals surface area contributed by atoms with Crippen molar-refractivity contribution in [2.75, 3.05) is 30.3 Å². The summed E-state index contributed by atoms with van der Waals surface area (Å²) in [6.45, 7) is 2.79. The molecule has 1 saturated carbocycles. The number of rotatable bonds is 12. The minimum absolute atomic E-state index is 0.0197. The minimum Gasteiger partial charge on any atom is -0.486 e. The molecule has 2 aromatic carbocycles. The molecule has 12 heteroatoms. The second-order valence-corrected chi connectivity index (χ2v) is 13.1. The van der Waals surface area contributed by atoms with Gasteiger partial charge >= 0.3 is 0 Å². The van der Waals surface area contributed by atoms with Gasteiger partial charge in [0.25, 0.3) is 0 Å².